The average molecular weight is 316 g/mol. The first-order chi connectivity index (χ1) is 11.1. The number of likely N-dealkylation sites (tertiary alicyclic amines) is 1. The summed E-state index contributed by atoms with van der Waals surface area (Å²) in [5.74, 6) is -0.713. The first kappa shape index (κ1) is 15.3. The smallest absolute Gasteiger partial charge is 0.274 e. The number of rotatable bonds is 3. The van der Waals surface area contributed by atoms with E-state index in [2.05, 4.69) is 15.2 Å². The van der Waals surface area contributed by atoms with Gasteiger partial charge in [-0.1, -0.05) is 0 Å². The summed E-state index contributed by atoms with van der Waals surface area (Å²) >= 11 is 0. The number of aryl methyl sites for hydroxylation is 1. The van der Waals surface area contributed by atoms with Crippen molar-refractivity contribution in [3.8, 4) is 5.88 Å². The molecule has 23 heavy (non-hydrogen) atoms. The second kappa shape index (κ2) is 6.68. The molecule has 3 heterocycles. The van der Waals surface area contributed by atoms with Crippen LogP contribution in [0.5, 0.6) is 5.88 Å². The van der Waals surface area contributed by atoms with Crippen molar-refractivity contribution in [2.75, 3.05) is 13.1 Å². The van der Waals surface area contributed by atoms with Gasteiger partial charge in [-0.3, -0.25) is 4.79 Å². The van der Waals surface area contributed by atoms with Crippen LogP contribution in [0.1, 0.15) is 29.0 Å². The maximum absolute atomic E-state index is 13.6. The van der Waals surface area contributed by atoms with E-state index in [1.165, 1.54) is 18.3 Å². The van der Waals surface area contributed by atoms with Crippen molar-refractivity contribution in [2.45, 2.75) is 25.9 Å². The predicted octanol–water partition coefficient (Wildman–Crippen LogP) is 2.00. The zero-order valence-electron chi connectivity index (χ0n) is 12.8. The molecule has 0 aromatic carbocycles. The van der Waals surface area contributed by atoms with Gasteiger partial charge in [-0.15, -0.1) is 5.10 Å². The summed E-state index contributed by atoms with van der Waals surface area (Å²) in [6.45, 7) is 2.82. The van der Waals surface area contributed by atoms with Gasteiger partial charge in [-0.25, -0.2) is 9.37 Å². The van der Waals surface area contributed by atoms with Gasteiger partial charge >= 0.3 is 0 Å². The molecule has 2 aromatic rings. The Morgan fingerprint density at radius 3 is 2.96 bits per heavy atom. The van der Waals surface area contributed by atoms with Gasteiger partial charge in [0.25, 0.3) is 11.8 Å². The standard InChI is InChI=1S/C16H17FN4O2/c1-11-6-7-14(20-19-11)16(22)21-9-3-4-12(10-21)23-15-13(17)5-2-8-18-15/h2,5-8,12H,3-4,9-10H2,1H3. The van der Waals surface area contributed by atoms with Crippen LogP contribution in [0, 0.1) is 12.7 Å². The SMILES string of the molecule is Cc1ccc(C(=O)N2CCCC(Oc3ncccc3F)C2)nn1. The number of carbonyl (C=O) groups is 1. The highest BCUT2D eigenvalue weighted by molar-refractivity contribution is 5.92. The molecule has 0 radical (unpaired) electrons. The second-order valence-corrected chi connectivity index (χ2v) is 5.48. The van der Waals surface area contributed by atoms with Gasteiger partial charge in [0.05, 0.1) is 12.2 Å². The van der Waals surface area contributed by atoms with Gasteiger partial charge in [0.2, 0.25) is 0 Å². The van der Waals surface area contributed by atoms with Crippen molar-refractivity contribution in [1.29, 1.82) is 0 Å². The molecule has 1 unspecified atom stereocenters. The molecule has 2 aromatic heterocycles. The van der Waals surface area contributed by atoms with E-state index in [4.69, 9.17) is 4.74 Å². The Labute approximate surface area is 133 Å². The van der Waals surface area contributed by atoms with Crippen molar-refractivity contribution < 1.29 is 13.9 Å². The minimum absolute atomic E-state index is 0.0260. The molecule has 1 saturated heterocycles. The Balaban J connectivity index is 1.67. The molecular formula is C16H17FN4O2. The minimum atomic E-state index is -0.500. The average Bonchev–Trinajstić information content (AvgIpc) is 2.57. The van der Waals surface area contributed by atoms with E-state index in [-0.39, 0.29) is 17.9 Å². The highest BCUT2D eigenvalue weighted by Gasteiger charge is 2.27. The maximum atomic E-state index is 13.6. The van der Waals surface area contributed by atoms with Crippen LogP contribution in [0.25, 0.3) is 0 Å². The third-order valence-electron chi connectivity index (χ3n) is 3.69. The minimum Gasteiger partial charge on any atom is -0.470 e. The molecule has 0 spiro atoms. The van der Waals surface area contributed by atoms with Gasteiger partial charge in [0.15, 0.2) is 11.5 Å². The number of aromatic nitrogens is 3. The summed E-state index contributed by atoms with van der Waals surface area (Å²) in [4.78, 5) is 18.0. The van der Waals surface area contributed by atoms with Crippen molar-refractivity contribution in [3.63, 3.8) is 0 Å². The molecule has 120 valence electrons. The normalized spacial score (nSPS) is 17.8. The summed E-state index contributed by atoms with van der Waals surface area (Å²) in [5.41, 5.74) is 1.06. The van der Waals surface area contributed by atoms with Crippen molar-refractivity contribution in [1.82, 2.24) is 20.1 Å². The fourth-order valence-corrected chi connectivity index (χ4v) is 2.51. The molecule has 0 bridgehead atoms. The molecule has 1 aliphatic rings. The summed E-state index contributed by atoms with van der Waals surface area (Å²) in [7, 11) is 0. The number of halogens is 1. The van der Waals surface area contributed by atoms with Crippen LogP contribution < -0.4 is 4.74 Å². The zero-order chi connectivity index (χ0) is 16.2. The second-order valence-electron chi connectivity index (χ2n) is 5.48. The van der Waals surface area contributed by atoms with Crippen LogP contribution in [0.3, 0.4) is 0 Å². The fourth-order valence-electron chi connectivity index (χ4n) is 2.51. The Kier molecular flexibility index (Phi) is 4.45. The van der Waals surface area contributed by atoms with Crippen LogP contribution in [0.4, 0.5) is 4.39 Å². The van der Waals surface area contributed by atoms with Crippen molar-refractivity contribution in [2.24, 2.45) is 0 Å². The molecule has 0 N–H and O–H groups in total. The first-order valence-corrected chi connectivity index (χ1v) is 7.50. The number of hydrogen-bond acceptors (Lipinski definition) is 5. The number of hydrogen-bond donors (Lipinski definition) is 0. The van der Waals surface area contributed by atoms with E-state index in [0.717, 1.165) is 18.5 Å². The van der Waals surface area contributed by atoms with E-state index in [0.29, 0.717) is 18.8 Å². The lowest BCUT2D eigenvalue weighted by Gasteiger charge is -2.32. The number of piperidine rings is 1. The Morgan fingerprint density at radius 2 is 2.22 bits per heavy atom. The van der Waals surface area contributed by atoms with E-state index < -0.39 is 5.82 Å². The number of ether oxygens (including phenoxy) is 1. The molecule has 1 fully saturated rings. The third-order valence-corrected chi connectivity index (χ3v) is 3.69. The van der Waals surface area contributed by atoms with Crippen molar-refractivity contribution >= 4 is 5.91 Å². The highest BCUT2D eigenvalue weighted by Crippen LogP contribution is 2.20. The molecule has 0 aliphatic carbocycles. The quantitative estimate of drug-likeness (QED) is 0.866. The number of pyridine rings is 1. The van der Waals surface area contributed by atoms with Crippen LogP contribution in [-0.4, -0.2) is 45.2 Å². The van der Waals surface area contributed by atoms with Crippen LogP contribution in [0.15, 0.2) is 30.5 Å². The van der Waals surface area contributed by atoms with E-state index in [1.54, 1.807) is 17.0 Å². The first-order valence-electron chi connectivity index (χ1n) is 7.50. The van der Waals surface area contributed by atoms with Gasteiger partial charge < -0.3 is 9.64 Å². The molecule has 1 atom stereocenters. The van der Waals surface area contributed by atoms with Crippen molar-refractivity contribution in [3.05, 3.63) is 47.7 Å². The Morgan fingerprint density at radius 1 is 1.35 bits per heavy atom. The highest BCUT2D eigenvalue weighted by atomic mass is 19.1. The fraction of sp³-hybridized carbons (Fsp3) is 0.375. The lowest BCUT2D eigenvalue weighted by Crippen LogP contribution is -2.44. The zero-order valence-corrected chi connectivity index (χ0v) is 12.8. The predicted molar refractivity (Wildman–Crippen MR) is 80.5 cm³/mol. The summed E-state index contributed by atoms with van der Waals surface area (Å²) in [5, 5.41) is 7.83. The van der Waals surface area contributed by atoms with Gasteiger partial charge in [-0.2, -0.15) is 5.10 Å². The monoisotopic (exact) mass is 316 g/mol. The lowest BCUT2D eigenvalue weighted by molar-refractivity contribution is 0.0512. The topological polar surface area (TPSA) is 68.2 Å². The van der Waals surface area contributed by atoms with E-state index >= 15 is 0 Å². The van der Waals surface area contributed by atoms with Crippen LogP contribution in [-0.2, 0) is 0 Å². The number of carbonyl (C=O) groups excluding carboxylic acids is 1. The molecule has 0 saturated carbocycles. The molecule has 1 amide bonds. The largest absolute Gasteiger partial charge is 0.470 e. The lowest BCUT2D eigenvalue weighted by atomic mass is 10.1. The molecular weight excluding hydrogens is 299 g/mol. The third kappa shape index (κ3) is 3.61. The van der Waals surface area contributed by atoms with Gasteiger partial charge in [0, 0.05) is 12.7 Å². The van der Waals surface area contributed by atoms with Crippen LogP contribution >= 0.6 is 0 Å². The van der Waals surface area contributed by atoms with Crippen LogP contribution in [0.2, 0.25) is 0 Å². The molecule has 3 rings (SSSR count). The van der Waals surface area contributed by atoms with E-state index in [9.17, 15) is 9.18 Å². The van der Waals surface area contributed by atoms with Gasteiger partial charge in [0.1, 0.15) is 6.10 Å². The number of amides is 1. The molecule has 6 nitrogen and oxygen atoms in total. The summed E-state index contributed by atoms with van der Waals surface area (Å²) in [6, 6.07) is 6.22. The summed E-state index contributed by atoms with van der Waals surface area (Å²) < 4.78 is 19.2. The molecule has 1 aliphatic heterocycles. The number of nitrogens with zero attached hydrogens (tertiary/aromatic N) is 4. The molecule has 7 heteroatoms. The Hall–Kier alpha value is -2.57. The summed E-state index contributed by atoms with van der Waals surface area (Å²) in [6.07, 6.45) is 2.73. The van der Waals surface area contributed by atoms with Gasteiger partial charge in [-0.05, 0) is 44.0 Å². The Bertz CT molecular complexity index is 693. The van der Waals surface area contributed by atoms with E-state index in [1.807, 2.05) is 6.92 Å². The maximum Gasteiger partial charge on any atom is 0.274 e.